The zero-order chi connectivity index (χ0) is 4.99. The predicted octanol–water partition coefficient (Wildman–Crippen LogP) is 2.04. The van der Waals surface area contributed by atoms with Crippen molar-refractivity contribution in [1.29, 1.82) is 0 Å². The van der Waals surface area contributed by atoms with Gasteiger partial charge in [0.1, 0.15) is 0 Å². The molecule has 0 aliphatic carbocycles. The van der Waals surface area contributed by atoms with Crippen molar-refractivity contribution >= 4 is 49.8 Å². The van der Waals surface area contributed by atoms with Crippen molar-refractivity contribution in [3.63, 3.8) is 0 Å². The Kier molecular flexibility index (Phi) is 5.45. The molecule has 0 amide bonds. The van der Waals surface area contributed by atoms with Crippen LogP contribution in [-0.4, -0.2) is 6.28 Å². The third kappa shape index (κ3) is 5.31. The lowest BCUT2D eigenvalue weighted by atomic mass is 10.7. The topological polar surface area (TPSA) is 0 Å². The molecule has 4 heteroatoms. The van der Waals surface area contributed by atoms with E-state index in [1.54, 1.807) is 0 Å². The molecule has 1 unspecified atom stereocenters. The molecule has 0 saturated carbocycles. The van der Waals surface area contributed by atoms with Gasteiger partial charge >= 0.3 is 0 Å². The van der Waals surface area contributed by atoms with Gasteiger partial charge in [0.25, 0.3) is 0 Å². The Balaban J connectivity index is 2.83. The summed E-state index contributed by atoms with van der Waals surface area (Å²) < 4.78 is 1.16. The minimum Gasteiger partial charge on any atom is -0.228 e. The molecule has 1 atom stereocenters. The summed E-state index contributed by atoms with van der Waals surface area (Å²) in [4.78, 5) is 0. The van der Waals surface area contributed by atoms with Crippen molar-refractivity contribution in [2.45, 2.75) is 0 Å². The van der Waals surface area contributed by atoms with Crippen LogP contribution in [0, 0.1) is 0 Å². The second-order valence-electron chi connectivity index (χ2n) is 0.678. The fourth-order valence-corrected chi connectivity index (χ4v) is 1.88. The van der Waals surface area contributed by atoms with Crippen LogP contribution >= 0.6 is 43.5 Å². The largest absolute Gasteiger partial charge is 0.228 e. The SMILES string of the molecule is C=C(I)P[B]S. The quantitative estimate of drug-likeness (QED) is 0.318. The molecule has 0 saturated heterocycles. The van der Waals surface area contributed by atoms with Gasteiger partial charge in [0.05, 0.1) is 0 Å². The molecule has 0 heterocycles. The highest BCUT2D eigenvalue weighted by molar-refractivity contribution is 14.1. The number of halogens is 1. The lowest BCUT2D eigenvalue weighted by molar-refractivity contribution is 2.62. The van der Waals surface area contributed by atoms with Gasteiger partial charge in [-0.25, -0.2) is 12.5 Å². The third-order valence-corrected chi connectivity index (χ3v) is 1.99. The van der Waals surface area contributed by atoms with Crippen LogP contribution in [0.1, 0.15) is 0 Å². The average molecular weight is 229 g/mol. The van der Waals surface area contributed by atoms with Crippen molar-refractivity contribution in [1.82, 2.24) is 0 Å². The molecule has 0 fully saturated rings. The lowest BCUT2D eigenvalue weighted by Gasteiger charge is -1.83. The highest BCUT2D eigenvalue weighted by Gasteiger charge is 1.81. The maximum absolute atomic E-state index is 3.88. The monoisotopic (exact) mass is 229 g/mol. The highest BCUT2D eigenvalue weighted by atomic mass is 127. The van der Waals surface area contributed by atoms with Gasteiger partial charge in [-0.15, -0.1) is 8.46 Å². The molecule has 0 nitrogen and oxygen atoms in total. The van der Waals surface area contributed by atoms with Crippen molar-refractivity contribution in [2.75, 3.05) is 0 Å². The molecule has 6 heavy (non-hydrogen) atoms. The molecule has 1 radical (unpaired) electrons. The van der Waals surface area contributed by atoms with E-state index in [0.29, 0.717) is 8.46 Å². The van der Waals surface area contributed by atoms with Gasteiger partial charge in [-0.2, -0.15) is 0 Å². The summed E-state index contributed by atoms with van der Waals surface area (Å²) in [7, 11) is 0.703. The first-order valence-electron chi connectivity index (χ1n) is 1.34. The van der Waals surface area contributed by atoms with E-state index < -0.39 is 0 Å². The van der Waals surface area contributed by atoms with Crippen LogP contribution in [0.3, 0.4) is 0 Å². The van der Waals surface area contributed by atoms with E-state index in [1.165, 1.54) is 0 Å². The molecule has 0 rings (SSSR count). The summed E-state index contributed by atoms with van der Waals surface area (Å²) in [5, 5.41) is 0. The molecule has 0 aliphatic rings. The molecule has 33 valence electrons. The van der Waals surface area contributed by atoms with Crippen LogP contribution in [0.2, 0.25) is 0 Å². The fourth-order valence-electron chi connectivity index (χ4n) is 0.0700. The van der Waals surface area contributed by atoms with Crippen LogP contribution in [0.25, 0.3) is 0 Å². The standard InChI is InChI=1S/C2H4BIPS/c1-2(4)5-3-6/h5-6H,1H2. The van der Waals surface area contributed by atoms with Crippen LogP contribution in [0.5, 0.6) is 0 Å². The Bertz CT molecular complexity index is 57.5. The van der Waals surface area contributed by atoms with Crippen molar-refractivity contribution < 1.29 is 0 Å². The van der Waals surface area contributed by atoms with E-state index in [-0.39, 0.29) is 0 Å². The molecule has 0 aromatic rings. The third-order valence-electron chi connectivity index (χ3n) is 0.221. The summed E-state index contributed by atoms with van der Waals surface area (Å²) in [5.41, 5.74) is 0. The smallest absolute Gasteiger partial charge is 0.222 e. The summed E-state index contributed by atoms with van der Waals surface area (Å²) in [5.74, 6) is 0. The van der Waals surface area contributed by atoms with Crippen molar-refractivity contribution in [3.8, 4) is 0 Å². The summed E-state index contributed by atoms with van der Waals surface area (Å²) in [6, 6.07) is 0. The number of thiol groups is 1. The Morgan fingerprint density at radius 1 is 2.00 bits per heavy atom. The fraction of sp³-hybridized carbons (Fsp3) is 0. The van der Waals surface area contributed by atoms with Crippen LogP contribution < -0.4 is 0 Å². The molecular formula is C2H4BIPS. The van der Waals surface area contributed by atoms with Gasteiger partial charge in [-0.05, 0) is 25.9 Å². The second-order valence-corrected chi connectivity index (χ2v) is 4.92. The van der Waals surface area contributed by atoms with E-state index in [2.05, 4.69) is 41.6 Å². The van der Waals surface area contributed by atoms with E-state index >= 15 is 0 Å². The summed E-state index contributed by atoms with van der Waals surface area (Å²) in [6.45, 7) is 3.66. The van der Waals surface area contributed by atoms with Gasteiger partial charge in [0, 0.05) is 0 Å². The van der Waals surface area contributed by atoms with Gasteiger partial charge in [0.2, 0.25) is 6.28 Å². The summed E-state index contributed by atoms with van der Waals surface area (Å²) >= 11 is 6.06. The van der Waals surface area contributed by atoms with Crippen LogP contribution in [0.15, 0.2) is 9.90 Å². The van der Waals surface area contributed by atoms with Crippen LogP contribution in [0.4, 0.5) is 0 Å². The minimum atomic E-state index is 0.703. The first-order chi connectivity index (χ1) is 2.77. The molecule has 0 spiro atoms. The maximum atomic E-state index is 3.88. The van der Waals surface area contributed by atoms with Gasteiger partial charge < -0.3 is 0 Å². The van der Waals surface area contributed by atoms with E-state index in [1.807, 2.05) is 6.28 Å². The Hall–Kier alpha value is 1.31. The molecular weight excluding hydrogens is 225 g/mol. The number of rotatable bonds is 2. The van der Waals surface area contributed by atoms with Gasteiger partial charge in [-0.1, -0.05) is 6.58 Å². The first kappa shape index (κ1) is 7.31. The maximum Gasteiger partial charge on any atom is 0.222 e. The molecule has 0 aromatic heterocycles. The molecule has 0 N–H and O–H groups in total. The molecule has 0 aromatic carbocycles. The Labute approximate surface area is 59.6 Å². The Morgan fingerprint density at radius 3 is 2.50 bits per heavy atom. The minimum absolute atomic E-state index is 0.703. The van der Waals surface area contributed by atoms with Crippen molar-refractivity contribution in [3.05, 3.63) is 9.90 Å². The van der Waals surface area contributed by atoms with E-state index in [9.17, 15) is 0 Å². The van der Waals surface area contributed by atoms with Gasteiger partial charge in [-0.3, -0.25) is 0 Å². The predicted molar refractivity (Wildman–Crippen MR) is 46.2 cm³/mol. The molecule has 0 aliphatic heterocycles. The first-order valence-corrected chi connectivity index (χ1v) is 4.01. The number of hydrogen-bond donors (Lipinski definition) is 1. The highest BCUT2D eigenvalue weighted by Crippen LogP contribution is 2.25. The van der Waals surface area contributed by atoms with Crippen molar-refractivity contribution in [2.24, 2.45) is 0 Å². The zero-order valence-corrected chi connectivity index (χ0v) is 7.16. The molecule has 0 bridgehead atoms. The van der Waals surface area contributed by atoms with Crippen LogP contribution in [-0.2, 0) is 0 Å². The number of hydrogen-bond acceptors (Lipinski definition) is 1. The normalized spacial score (nSPS) is 9.67. The Morgan fingerprint density at radius 2 is 2.50 bits per heavy atom. The second kappa shape index (κ2) is 4.47. The average Bonchev–Trinajstić information content (AvgIpc) is 1.35. The summed E-state index contributed by atoms with van der Waals surface area (Å²) in [6.07, 6.45) is 1.81. The van der Waals surface area contributed by atoms with Gasteiger partial charge in [0.15, 0.2) is 0 Å². The van der Waals surface area contributed by atoms with E-state index in [0.717, 1.165) is 3.32 Å². The lowest BCUT2D eigenvalue weighted by Crippen LogP contribution is -1.55. The zero-order valence-electron chi connectivity index (χ0n) is 3.11. The van der Waals surface area contributed by atoms with E-state index in [4.69, 9.17) is 0 Å².